The van der Waals surface area contributed by atoms with Crippen molar-refractivity contribution in [2.45, 2.75) is 38.1 Å². The second-order valence-electron chi connectivity index (χ2n) is 4.48. The maximum absolute atomic E-state index is 11.9. The summed E-state index contributed by atoms with van der Waals surface area (Å²) in [6, 6.07) is 3.79. The lowest BCUT2D eigenvalue weighted by molar-refractivity contribution is -0.123. The highest BCUT2D eigenvalue weighted by Gasteiger charge is 2.18. The van der Waals surface area contributed by atoms with Crippen LogP contribution in [0.3, 0.4) is 0 Å². The van der Waals surface area contributed by atoms with Gasteiger partial charge in [-0.05, 0) is 31.5 Å². The smallest absolute Gasteiger partial charge is 0.237 e. The Hall–Kier alpha value is -1.29. The molecule has 94 valence electrons. The van der Waals surface area contributed by atoms with E-state index in [1.807, 2.05) is 12.1 Å². The monoisotopic (exact) mass is 236 g/mol. The summed E-state index contributed by atoms with van der Waals surface area (Å²) in [7, 11) is 0. The Labute approximate surface area is 102 Å². The third-order valence-electron chi connectivity index (χ3n) is 3.13. The summed E-state index contributed by atoms with van der Waals surface area (Å²) in [5, 5.41) is 6.25. The van der Waals surface area contributed by atoms with Crippen molar-refractivity contribution in [3.8, 4) is 0 Å². The molecule has 0 saturated carbocycles. The zero-order chi connectivity index (χ0) is 11.9. The molecule has 2 heterocycles. The van der Waals surface area contributed by atoms with Crippen LogP contribution in [0, 0.1) is 0 Å². The van der Waals surface area contributed by atoms with Crippen LogP contribution in [0.2, 0.25) is 0 Å². The zero-order valence-corrected chi connectivity index (χ0v) is 10.1. The van der Waals surface area contributed by atoms with Crippen LogP contribution < -0.4 is 10.6 Å². The molecule has 4 nitrogen and oxygen atoms in total. The lowest BCUT2D eigenvalue weighted by Crippen LogP contribution is -2.44. The van der Waals surface area contributed by atoms with Gasteiger partial charge in [0, 0.05) is 13.0 Å². The number of carbonyl (C=O) groups excluding carboxylic acids is 1. The van der Waals surface area contributed by atoms with E-state index in [0.29, 0.717) is 6.54 Å². The van der Waals surface area contributed by atoms with Crippen molar-refractivity contribution in [2.75, 3.05) is 13.1 Å². The molecular weight excluding hydrogens is 216 g/mol. The van der Waals surface area contributed by atoms with Gasteiger partial charge in [0.05, 0.1) is 12.3 Å². The highest BCUT2D eigenvalue weighted by atomic mass is 16.3. The molecule has 1 aliphatic rings. The summed E-state index contributed by atoms with van der Waals surface area (Å²) < 4.78 is 5.21. The van der Waals surface area contributed by atoms with Crippen molar-refractivity contribution < 1.29 is 9.21 Å². The van der Waals surface area contributed by atoms with Crippen LogP contribution in [0.1, 0.15) is 31.4 Å². The van der Waals surface area contributed by atoms with Crippen LogP contribution >= 0.6 is 0 Å². The fourth-order valence-electron chi connectivity index (χ4n) is 2.14. The molecule has 2 N–H and O–H groups in total. The number of furan rings is 1. The third-order valence-corrected chi connectivity index (χ3v) is 3.13. The second-order valence-corrected chi connectivity index (χ2v) is 4.48. The quantitative estimate of drug-likeness (QED) is 0.832. The van der Waals surface area contributed by atoms with E-state index in [9.17, 15) is 4.79 Å². The third kappa shape index (κ3) is 3.89. The molecule has 1 aromatic rings. The standard InChI is InChI=1S/C13H20N2O2/c16-13(12-6-2-1-3-8-14-12)15-9-7-11-5-4-10-17-11/h4-5,10,12,14H,1-3,6-9H2,(H,15,16). The lowest BCUT2D eigenvalue weighted by atomic mass is 10.1. The van der Waals surface area contributed by atoms with Gasteiger partial charge >= 0.3 is 0 Å². The minimum atomic E-state index is -0.00546. The molecule has 1 aromatic heterocycles. The van der Waals surface area contributed by atoms with Crippen LogP contribution in [-0.2, 0) is 11.2 Å². The van der Waals surface area contributed by atoms with Gasteiger partial charge in [-0.15, -0.1) is 0 Å². The summed E-state index contributed by atoms with van der Waals surface area (Å²) in [6.07, 6.45) is 6.91. The molecule has 0 aliphatic carbocycles. The molecule has 0 aromatic carbocycles. The molecule has 0 radical (unpaired) electrons. The second kappa shape index (κ2) is 6.45. The van der Waals surface area contributed by atoms with Crippen LogP contribution in [0.4, 0.5) is 0 Å². The van der Waals surface area contributed by atoms with E-state index in [1.165, 1.54) is 12.8 Å². The first-order valence-corrected chi connectivity index (χ1v) is 6.40. The van der Waals surface area contributed by atoms with Crippen LogP contribution in [0.15, 0.2) is 22.8 Å². The molecule has 4 heteroatoms. The Balaban J connectivity index is 1.69. The van der Waals surface area contributed by atoms with E-state index < -0.39 is 0 Å². The largest absolute Gasteiger partial charge is 0.469 e. The van der Waals surface area contributed by atoms with E-state index in [2.05, 4.69) is 10.6 Å². The Bertz CT molecular complexity index is 327. The Kier molecular flexibility index (Phi) is 4.62. The maximum atomic E-state index is 11.9. The van der Waals surface area contributed by atoms with Crippen LogP contribution in [-0.4, -0.2) is 25.0 Å². The molecule has 0 spiro atoms. The molecule has 1 saturated heterocycles. The molecule has 1 amide bonds. The molecule has 0 bridgehead atoms. The van der Waals surface area contributed by atoms with E-state index in [4.69, 9.17) is 4.42 Å². The van der Waals surface area contributed by atoms with E-state index >= 15 is 0 Å². The fraction of sp³-hybridized carbons (Fsp3) is 0.615. The summed E-state index contributed by atoms with van der Waals surface area (Å²) in [5.74, 6) is 1.04. The molecular formula is C13H20N2O2. The Morgan fingerprint density at radius 1 is 1.47 bits per heavy atom. The first-order valence-electron chi connectivity index (χ1n) is 6.40. The predicted octanol–water partition coefficient (Wildman–Crippen LogP) is 1.47. The van der Waals surface area contributed by atoms with Crippen molar-refractivity contribution in [2.24, 2.45) is 0 Å². The Morgan fingerprint density at radius 3 is 3.24 bits per heavy atom. The van der Waals surface area contributed by atoms with Gasteiger partial charge in [0.1, 0.15) is 5.76 Å². The molecule has 1 fully saturated rings. The summed E-state index contributed by atoms with van der Waals surface area (Å²) in [5.41, 5.74) is 0. The van der Waals surface area contributed by atoms with E-state index in [0.717, 1.165) is 31.6 Å². The van der Waals surface area contributed by atoms with Crippen LogP contribution in [0.5, 0.6) is 0 Å². The Morgan fingerprint density at radius 2 is 2.41 bits per heavy atom. The number of nitrogens with one attached hydrogen (secondary N) is 2. The fourth-order valence-corrected chi connectivity index (χ4v) is 2.14. The zero-order valence-electron chi connectivity index (χ0n) is 10.1. The van der Waals surface area contributed by atoms with Crippen molar-refractivity contribution >= 4 is 5.91 Å². The van der Waals surface area contributed by atoms with Gasteiger partial charge in [-0.2, -0.15) is 0 Å². The topological polar surface area (TPSA) is 54.3 Å². The highest BCUT2D eigenvalue weighted by molar-refractivity contribution is 5.81. The average molecular weight is 236 g/mol. The van der Waals surface area contributed by atoms with E-state index in [1.54, 1.807) is 6.26 Å². The predicted molar refractivity (Wildman–Crippen MR) is 65.7 cm³/mol. The minimum Gasteiger partial charge on any atom is -0.469 e. The van der Waals surface area contributed by atoms with Crippen molar-refractivity contribution in [3.63, 3.8) is 0 Å². The molecule has 17 heavy (non-hydrogen) atoms. The number of amides is 1. The number of carbonyl (C=O) groups is 1. The molecule has 1 atom stereocenters. The first-order chi connectivity index (χ1) is 8.36. The minimum absolute atomic E-state index is 0.00546. The summed E-state index contributed by atoms with van der Waals surface area (Å²) in [4.78, 5) is 11.9. The van der Waals surface area contributed by atoms with Crippen molar-refractivity contribution in [3.05, 3.63) is 24.2 Å². The van der Waals surface area contributed by atoms with Gasteiger partial charge in [0.25, 0.3) is 0 Å². The number of hydrogen-bond acceptors (Lipinski definition) is 3. The van der Waals surface area contributed by atoms with Gasteiger partial charge in [-0.25, -0.2) is 0 Å². The first kappa shape index (κ1) is 12.2. The SMILES string of the molecule is O=C(NCCc1ccco1)C1CCCCCN1. The van der Waals surface area contributed by atoms with Gasteiger partial charge < -0.3 is 15.1 Å². The molecule has 1 unspecified atom stereocenters. The molecule has 1 aliphatic heterocycles. The maximum Gasteiger partial charge on any atom is 0.237 e. The van der Waals surface area contributed by atoms with Crippen LogP contribution in [0.25, 0.3) is 0 Å². The van der Waals surface area contributed by atoms with Gasteiger partial charge in [0.2, 0.25) is 5.91 Å². The number of rotatable bonds is 4. The summed E-state index contributed by atoms with van der Waals surface area (Å²) >= 11 is 0. The van der Waals surface area contributed by atoms with Crippen molar-refractivity contribution in [1.29, 1.82) is 0 Å². The van der Waals surface area contributed by atoms with Crippen molar-refractivity contribution in [1.82, 2.24) is 10.6 Å². The average Bonchev–Trinajstić information content (AvgIpc) is 2.69. The van der Waals surface area contributed by atoms with Gasteiger partial charge in [0.15, 0.2) is 0 Å². The van der Waals surface area contributed by atoms with E-state index in [-0.39, 0.29) is 11.9 Å². The number of hydrogen-bond donors (Lipinski definition) is 2. The normalized spacial score (nSPS) is 20.8. The summed E-state index contributed by atoms with van der Waals surface area (Å²) in [6.45, 7) is 1.60. The van der Waals surface area contributed by atoms with Gasteiger partial charge in [-0.1, -0.05) is 12.8 Å². The molecule has 2 rings (SSSR count). The van der Waals surface area contributed by atoms with Gasteiger partial charge in [-0.3, -0.25) is 4.79 Å². The lowest BCUT2D eigenvalue weighted by Gasteiger charge is -2.15. The highest BCUT2D eigenvalue weighted by Crippen LogP contribution is 2.08.